The largest absolute Gasteiger partial charge is 0.384 e. The molecule has 1 aliphatic rings. The van der Waals surface area contributed by atoms with E-state index in [1.165, 1.54) is 19.4 Å². The molecule has 110 valence electrons. The Kier molecular flexibility index (Phi) is 4.89. The van der Waals surface area contributed by atoms with Crippen molar-refractivity contribution in [1.82, 2.24) is 4.90 Å². The molecule has 0 radical (unpaired) electrons. The van der Waals surface area contributed by atoms with Gasteiger partial charge in [-0.25, -0.2) is 0 Å². The number of benzene rings is 1. The normalized spacial score (nSPS) is 19.2. The summed E-state index contributed by atoms with van der Waals surface area (Å²) in [7, 11) is 2.06. The van der Waals surface area contributed by atoms with Crippen molar-refractivity contribution >= 4 is 23.1 Å². The van der Waals surface area contributed by atoms with E-state index in [2.05, 4.69) is 23.8 Å². The molecule has 0 aromatic heterocycles. The molecule has 3 N–H and O–H groups in total. The minimum atomic E-state index is 0.0631. The fraction of sp³-hybridized carbons (Fsp3) is 0.533. The molecule has 0 bridgehead atoms. The van der Waals surface area contributed by atoms with Crippen LogP contribution in [0.25, 0.3) is 0 Å². The number of halogens is 1. The zero-order valence-corrected chi connectivity index (χ0v) is 13.0. The number of hydrogen-bond donors (Lipinski definition) is 2. The van der Waals surface area contributed by atoms with Crippen LogP contribution in [-0.4, -0.2) is 43.5 Å². The second-order valence-corrected chi connectivity index (χ2v) is 5.82. The van der Waals surface area contributed by atoms with Gasteiger partial charge < -0.3 is 10.6 Å². The van der Waals surface area contributed by atoms with Crippen LogP contribution >= 0.6 is 11.6 Å². The van der Waals surface area contributed by atoms with Crippen LogP contribution in [0.3, 0.4) is 0 Å². The van der Waals surface area contributed by atoms with E-state index in [0.717, 1.165) is 18.8 Å². The summed E-state index contributed by atoms with van der Waals surface area (Å²) in [6, 6.07) is 6.15. The third-order valence-corrected chi connectivity index (χ3v) is 4.28. The fourth-order valence-corrected chi connectivity index (χ4v) is 3.16. The number of likely N-dealkylation sites (N-methyl/N-ethyl adjacent to an activating group) is 2. The van der Waals surface area contributed by atoms with Crippen LogP contribution < -0.4 is 10.6 Å². The average molecular weight is 295 g/mol. The molecule has 2 rings (SSSR count). The molecule has 0 aliphatic carbocycles. The number of nitrogens with two attached hydrogens (primary N) is 1. The molecule has 5 heteroatoms. The Hall–Kier alpha value is -1.26. The van der Waals surface area contributed by atoms with E-state index in [9.17, 15) is 0 Å². The van der Waals surface area contributed by atoms with E-state index < -0.39 is 0 Å². The van der Waals surface area contributed by atoms with Crippen LogP contribution in [0.1, 0.15) is 25.3 Å². The highest BCUT2D eigenvalue weighted by molar-refractivity contribution is 6.31. The van der Waals surface area contributed by atoms with Crippen molar-refractivity contribution in [1.29, 1.82) is 5.41 Å². The molecule has 1 aromatic carbocycles. The zero-order valence-electron chi connectivity index (χ0n) is 12.2. The summed E-state index contributed by atoms with van der Waals surface area (Å²) in [4.78, 5) is 4.70. The Bertz CT molecular complexity index is 489. The first-order valence-electron chi connectivity index (χ1n) is 7.12. The molecular weight excluding hydrogens is 272 g/mol. The van der Waals surface area contributed by atoms with E-state index >= 15 is 0 Å². The van der Waals surface area contributed by atoms with Crippen molar-refractivity contribution in [3.05, 3.63) is 28.8 Å². The molecule has 0 saturated carbocycles. The second kappa shape index (κ2) is 6.46. The minimum absolute atomic E-state index is 0.0631. The van der Waals surface area contributed by atoms with Gasteiger partial charge in [0.05, 0.1) is 0 Å². The molecule has 0 amide bonds. The number of amidine groups is 1. The molecule has 1 fully saturated rings. The van der Waals surface area contributed by atoms with Gasteiger partial charge in [-0.2, -0.15) is 0 Å². The van der Waals surface area contributed by atoms with Gasteiger partial charge >= 0.3 is 0 Å². The van der Waals surface area contributed by atoms with E-state index in [0.29, 0.717) is 16.6 Å². The van der Waals surface area contributed by atoms with E-state index in [1.54, 1.807) is 6.07 Å². The SMILES string of the molecule is CCN1CCCC1CN(C)c1ccc(Cl)cc1C(=N)N. The van der Waals surface area contributed by atoms with Gasteiger partial charge in [0.15, 0.2) is 0 Å². The first kappa shape index (κ1) is 15.1. The lowest BCUT2D eigenvalue weighted by Gasteiger charge is -2.30. The molecule has 20 heavy (non-hydrogen) atoms. The molecule has 0 spiro atoms. The first-order valence-corrected chi connectivity index (χ1v) is 7.49. The lowest BCUT2D eigenvalue weighted by atomic mass is 10.1. The maximum atomic E-state index is 7.71. The summed E-state index contributed by atoms with van der Waals surface area (Å²) >= 11 is 6.00. The van der Waals surface area contributed by atoms with Crippen LogP contribution in [0.4, 0.5) is 5.69 Å². The zero-order chi connectivity index (χ0) is 14.7. The molecular formula is C15H23ClN4. The first-order chi connectivity index (χ1) is 9.52. The van der Waals surface area contributed by atoms with Crippen molar-refractivity contribution in [3.8, 4) is 0 Å². The van der Waals surface area contributed by atoms with Crippen molar-refractivity contribution in [2.24, 2.45) is 5.73 Å². The average Bonchev–Trinajstić information content (AvgIpc) is 2.85. The second-order valence-electron chi connectivity index (χ2n) is 5.38. The third-order valence-electron chi connectivity index (χ3n) is 4.05. The smallest absolute Gasteiger partial charge is 0.124 e. The monoisotopic (exact) mass is 294 g/mol. The fourth-order valence-electron chi connectivity index (χ4n) is 2.99. The van der Waals surface area contributed by atoms with Gasteiger partial charge in [0.1, 0.15) is 5.84 Å². The topological polar surface area (TPSA) is 56.4 Å². The Morgan fingerprint density at radius 1 is 1.55 bits per heavy atom. The van der Waals surface area contributed by atoms with Gasteiger partial charge in [-0.15, -0.1) is 0 Å². The third kappa shape index (κ3) is 3.25. The van der Waals surface area contributed by atoms with Crippen LogP contribution in [0.15, 0.2) is 18.2 Å². The molecule has 1 saturated heterocycles. The van der Waals surface area contributed by atoms with E-state index in [-0.39, 0.29) is 5.84 Å². The molecule has 4 nitrogen and oxygen atoms in total. The van der Waals surface area contributed by atoms with Crippen molar-refractivity contribution in [2.45, 2.75) is 25.8 Å². The lowest BCUT2D eigenvalue weighted by molar-refractivity contribution is 0.270. The summed E-state index contributed by atoms with van der Waals surface area (Å²) in [6.07, 6.45) is 2.51. The Morgan fingerprint density at radius 2 is 2.30 bits per heavy atom. The summed E-state index contributed by atoms with van der Waals surface area (Å²) in [5.74, 6) is 0.0631. The number of likely N-dealkylation sites (tertiary alicyclic amines) is 1. The minimum Gasteiger partial charge on any atom is -0.384 e. The van der Waals surface area contributed by atoms with E-state index in [4.69, 9.17) is 22.7 Å². The number of rotatable bonds is 5. The number of nitrogens with one attached hydrogen (secondary N) is 1. The van der Waals surface area contributed by atoms with Crippen LogP contribution in [0, 0.1) is 5.41 Å². The van der Waals surface area contributed by atoms with Crippen LogP contribution in [0.5, 0.6) is 0 Å². The lowest BCUT2D eigenvalue weighted by Crippen LogP contribution is -2.39. The van der Waals surface area contributed by atoms with Crippen LogP contribution in [-0.2, 0) is 0 Å². The Labute approximate surface area is 126 Å². The molecule has 1 heterocycles. The maximum absolute atomic E-state index is 7.71. The van der Waals surface area contributed by atoms with E-state index in [1.807, 2.05) is 12.1 Å². The number of anilines is 1. The Balaban J connectivity index is 2.16. The summed E-state index contributed by atoms with van der Waals surface area (Å²) in [6.45, 7) is 5.45. The predicted molar refractivity (Wildman–Crippen MR) is 86.0 cm³/mol. The number of hydrogen-bond acceptors (Lipinski definition) is 3. The summed E-state index contributed by atoms with van der Waals surface area (Å²) < 4.78 is 0. The van der Waals surface area contributed by atoms with Crippen LogP contribution in [0.2, 0.25) is 5.02 Å². The van der Waals surface area contributed by atoms with Gasteiger partial charge in [0.25, 0.3) is 0 Å². The predicted octanol–water partition coefficient (Wildman–Crippen LogP) is 2.54. The quantitative estimate of drug-likeness (QED) is 0.648. The highest BCUT2D eigenvalue weighted by atomic mass is 35.5. The summed E-state index contributed by atoms with van der Waals surface area (Å²) in [5.41, 5.74) is 7.36. The molecule has 1 atom stereocenters. The van der Waals surface area contributed by atoms with Gasteiger partial charge in [-0.3, -0.25) is 10.3 Å². The molecule has 1 aliphatic heterocycles. The number of nitrogens with zero attached hydrogens (tertiary/aromatic N) is 2. The highest BCUT2D eigenvalue weighted by Gasteiger charge is 2.24. The van der Waals surface area contributed by atoms with Crippen molar-refractivity contribution < 1.29 is 0 Å². The van der Waals surface area contributed by atoms with Gasteiger partial charge in [-0.05, 0) is 44.1 Å². The van der Waals surface area contributed by atoms with Gasteiger partial charge in [0.2, 0.25) is 0 Å². The molecule has 1 aromatic rings. The maximum Gasteiger partial charge on any atom is 0.124 e. The van der Waals surface area contributed by atoms with Crippen molar-refractivity contribution in [2.75, 3.05) is 31.6 Å². The number of nitrogen functional groups attached to an aromatic ring is 1. The summed E-state index contributed by atoms with van der Waals surface area (Å²) in [5, 5.41) is 8.32. The van der Waals surface area contributed by atoms with Gasteiger partial charge in [0, 0.05) is 35.9 Å². The highest BCUT2D eigenvalue weighted by Crippen LogP contribution is 2.25. The molecule has 1 unspecified atom stereocenters. The van der Waals surface area contributed by atoms with Gasteiger partial charge in [-0.1, -0.05) is 18.5 Å². The Morgan fingerprint density at radius 3 is 2.95 bits per heavy atom. The van der Waals surface area contributed by atoms with Crippen molar-refractivity contribution in [3.63, 3.8) is 0 Å². The standard InChI is InChI=1S/C15H23ClN4/c1-3-20-8-4-5-12(20)10-19(2)14-7-6-11(16)9-13(14)15(17)18/h6-7,9,12H,3-5,8,10H2,1-2H3,(H3,17,18).